The van der Waals surface area contributed by atoms with Gasteiger partial charge in [-0.25, -0.2) is 9.97 Å². The zero-order valence-corrected chi connectivity index (χ0v) is 17.1. The number of methoxy groups -OCH3 is 1. The zero-order valence-electron chi connectivity index (χ0n) is 17.1. The van der Waals surface area contributed by atoms with Crippen molar-refractivity contribution < 1.29 is 14.3 Å². The second-order valence-corrected chi connectivity index (χ2v) is 6.80. The first-order valence-corrected chi connectivity index (χ1v) is 9.44. The van der Waals surface area contributed by atoms with Gasteiger partial charge in [0.05, 0.1) is 25.0 Å². The lowest BCUT2D eigenvalue weighted by Crippen LogP contribution is -2.36. The molecule has 0 spiro atoms. The SMILES string of the molecule is COc1ccc(-c2cc(CNC(=O)C(C)Oc3cccc(C)c3C)ncn2)cc1. The average molecular weight is 391 g/mol. The normalized spacial score (nSPS) is 11.6. The van der Waals surface area contributed by atoms with Crippen molar-refractivity contribution in [2.45, 2.75) is 33.4 Å². The number of nitrogens with zero attached hydrogens (tertiary/aromatic N) is 2. The predicted octanol–water partition coefficient (Wildman–Crippen LogP) is 3.85. The summed E-state index contributed by atoms with van der Waals surface area (Å²) in [6, 6.07) is 15.3. The highest BCUT2D eigenvalue weighted by molar-refractivity contribution is 5.80. The summed E-state index contributed by atoms with van der Waals surface area (Å²) in [4.78, 5) is 21.0. The fraction of sp³-hybridized carbons (Fsp3) is 0.261. The maximum Gasteiger partial charge on any atom is 0.261 e. The quantitative estimate of drug-likeness (QED) is 0.662. The van der Waals surface area contributed by atoms with E-state index in [9.17, 15) is 4.79 Å². The van der Waals surface area contributed by atoms with Gasteiger partial charge in [-0.05, 0) is 68.3 Å². The van der Waals surface area contributed by atoms with Crippen LogP contribution in [0.15, 0.2) is 54.9 Å². The summed E-state index contributed by atoms with van der Waals surface area (Å²) in [5.74, 6) is 1.31. The van der Waals surface area contributed by atoms with Crippen LogP contribution in [-0.4, -0.2) is 29.1 Å². The van der Waals surface area contributed by atoms with Gasteiger partial charge < -0.3 is 14.8 Å². The van der Waals surface area contributed by atoms with Gasteiger partial charge in [0.2, 0.25) is 0 Å². The van der Waals surface area contributed by atoms with Crippen LogP contribution in [0.1, 0.15) is 23.7 Å². The number of ether oxygens (including phenoxy) is 2. The molecule has 0 aliphatic rings. The number of hydrogen-bond acceptors (Lipinski definition) is 5. The van der Waals surface area contributed by atoms with Crippen LogP contribution in [0.5, 0.6) is 11.5 Å². The number of nitrogens with one attached hydrogen (secondary N) is 1. The van der Waals surface area contributed by atoms with Crippen molar-refractivity contribution in [2.24, 2.45) is 0 Å². The molecule has 0 aliphatic heterocycles. The molecular weight excluding hydrogens is 366 g/mol. The number of carbonyl (C=O) groups excluding carboxylic acids is 1. The number of benzene rings is 2. The van der Waals surface area contributed by atoms with E-state index in [-0.39, 0.29) is 5.91 Å². The second kappa shape index (κ2) is 9.19. The zero-order chi connectivity index (χ0) is 20.8. The summed E-state index contributed by atoms with van der Waals surface area (Å²) in [5, 5.41) is 2.88. The van der Waals surface area contributed by atoms with Gasteiger partial charge in [0.15, 0.2) is 6.10 Å². The molecule has 150 valence electrons. The highest BCUT2D eigenvalue weighted by Gasteiger charge is 2.16. The molecule has 1 N–H and O–H groups in total. The monoisotopic (exact) mass is 391 g/mol. The Balaban J connectivity index is 1.61. The molecule has 0 saturated carbocycles. The Labute approximate surface area is 170 Å². The molecule has 3 rings (SSSR count). The van der Waals surface area contributed by atoms with Crippen LogP contribution < -0.4 is 14.8 Å². The third-order valence-corrected chi connectivity index (χ3v) is 4.78. The third-order valence-electron chi connectivity index (χ3n) is 4.78. The number of rotatable bonds is 7. The largest absolute Gasteiger partial charge is 0.497 e. The van der Waals surface area contributed by atoms with E-state index in [4.69, 9.17) is 9.47 Å². The minimum Gasteiger partial charge on any atom is -0.497 e. The van der Waals surface area contributed by atoms with Crippen LogP contribution in [0, 0.1) is 13.8 Å². The van der Waals surface area contributed by atoms with E-state index in [2.05, 4.69) is 15.3 Å². The second-order valence-electron chi connectivity index (χ2n) is 6.80. The van der Waals surface area contributed by atoms with E-state index >= 15 is 0 Å². The highest BCUT2D eigenvalue weighted by Crippen LogP contribution is 2.22. The van der Waals surface area contributed by atoms with Gasteiger partial charge in [0.1, 0.15) is 17.8 Å². The molecule has 1 amide bonds. The van der Waals surface area contributed by atoms with Crippen LogP contribution >= 0.6 is 0 Å². The van der Waals surface area contributed by atoms with Gasteiger partial charge in [-0.15, -0.1) is 0 Å². The highest BCUT2D eigenvalue weighted by atomic mass is 16.5. The Morgan fingerprint density at radius 3 is 2.59 bits per heavy atom. The first-order chi connectivity index (χ1) is 14.0. The maximum atomic E-state index is 12.4. The van der Waals surface area contributed by atoms with Crippen molar-refractivity contribution >= 4 is 5.91 Å². The lowest BCUT2D eigenvalue weighted by molar-refractivity contribution is -0.127. The summed E-state index contributed by atoms with van der Waals surface area (Å²) in [6.45, 7) is 6.03. The van der Waals surface area contributed by atoms with E-state index < -0.39 is 6.10 Å². The maximum absolute atomic E-state index is 12.4. The smallest absolute Gasteiger partial charge is 0.261 e. The molecule has 1 atom stereocenters. The van der Waals surface area contributed by atoms with E-state index in [0.717, 1.165) is 39.6 Å². The van der Waals surface area contributed by atoms with Crippen LogP contribution in [0.3, 0.4) is 0 Å². The summed E-state index contributed by atoms with van der Waals surface area (Å²) in [5.41, 5.74) is 4.62. The summed E-state index contributed by atoms with van der Waals surface area (Å²) < 4.78 is 11.0. The minimum atomic E-state index is -0.613. The van der Waals surface area contributed by atoms with Gasteiger partial charge in [-0.3, -0.25) is 4.79 Å². The number of carbonyl (C=O) groups is 1. The van der Waals surface area contributed by atoms with Crippen LogP contribution in [-0.2, 0) is 11.3 Å². The minimum absolute atomic E-state index is 0.199. The molecule has 0 bridgehead atoms. The Morgan fingerprint density at radius 1 is 1.10 bits per heavy atom. The fourth-order valence-corrected chi connectivity index (χ4v) is 2.83. The van der Waals surface area contributed by atoms with Crippen LogP contribution in [0.2, 0.25) is 0 Å². The Hall–Kier alpha value is -3.41. The Morgan fingerprint density at radius 2 is 1.86 bits per heavy atom. The first kappa shape index (κ1) is 20.3. The topological polar surface area (TPSA) is 73.3 Å². The molecule has 1 unspecified atom stereocenters. The molecule has 3 aromatic rings. The van der Waals surface area contributed by atoms with Crippen molar-refractivity contribution in [3.05, 3.63) is 71.7 Å². The predicted molar refractivity (Wildman–Crippen MR) is 112 cm³/mol. The van der Waals surface area contributed by atoms with Gasteiger partial charge in [0.25, 0.3) is 5.91 Å². The molecule has 0 radical (unpaired) electrons. The van der Waals surface area contributed by atoms with Crippen molar-refractivity contribution in [3.8, 4) is 22.8 Å². The van der Waals surface area contributed by atoms with Crippen molar-refractivity contribution in [1.82, 2.24) is 15.3 Å². The molecule has 6 nitrogen and oxygen atoms in total. The summed E-state index contributed by atoms with van der Waals surface area (Å²) >= 11 is 0. The molecule has 2 aromatic carbocycles. The van der Waals surface area contributed by atoms with E-state index in [1.54, 1.807) is 14.0 Å². The molecule has 1 aromatic heterocycles. The van der Waals surface area contributed by atoms with Gasteiger partial charge in [0, 0.05) is 5.56 Å². The summed E-state index contributed by atoms with van der Waals surface area (Å²) in [7, 11) is 1.63. The van der Waals surface area contributed by atoms with Crippen molar-refractivity contribution in [2.75, 3.05) is 7.11 Å². The molecule has 29 heavy (non-hydrogen) atoms. The number of hydrogen-bond donors (Lipinski definition) is 1. The molecule has 0 saturated heterocycles. The third kappa shape index (κ3) is 5.10. The summed E-state index contributed by atoms with van der Waals surface area (Å²) in [6.07, 6.45) is 0.885. The van der Waals surface area contributed by atoms with Crippen molar-refractivity contribution in [3.63, 3.8) is 0 Å². The Kier molecular flexibility index (Phi) is 6.44. The molecule has 6 heteroatoms. The number of aromatic nitrogens is 2. The Bertz CT molecular complexity index is 987. The van der Waals surface area contributed by atoms with Crippen LogP contribution in [0.4, 0.5) is 0 Å². The first-order valence-electron chi connectivity index (χ1n) is 9.44. The molecular formula is C23H25N3O3. The average Bonchev–Trinajstić information content (AvgIpc) is 2.75. The van der Waals surface area contributed by atoms with E-state index in [1.807, 2.05) is 62.4 Å². The molecule has 1 heterocycles. The van der Waals surface area contributed by atoms with E-state index in [1.165, 1.54) is 6.33 Å². The lowest BCUT2D eigenvalue weighted by atomic mass is 10.1. The fourth-order valence-electron chi connectivity index (χ4n) is 2.83. The van der Waals surface area contributed by atoms with Gasteiger partial charge in [-0.2, -0.15) is 0 Å². The lowest BCUT2D eigenvalue weighted by Gasteiger charge is -2.17. The van der Waals surface area contributed by atoms with Crippen molar-refractivity contribution in [1.29, 1.82) is 0 Å². The van der Waals surface area contributed by atoms with Crippen LogP contribution in [0.25, 0.3) is 11.3 Å². The molecule has 0 fully saturated rings. The standard InChI is InChI=1S/C23H25N3O3/c1-15-6-5-7-22(16(15)2)29-17(3)23(27)24-13-19-12-21(26-14-25-19)18-8-10-20(28-4)11-9-18/h5-12,14,17H,13H2,1-4H3,(H,24,27). The van der Waals surface area contributed by atoms with Gasteiger partial charge >= 0.3 is 0 Å². The van der Waals surface area contributed by atoms with E-state index in [0.29, 0.717) is 6.54 Å². The number of amides is 1. The molecule has 0 aliphatic carbocycles. The van der Waals surface area contributed by atoms with Gasteiger partial charge in [-0.1, -0.05) is 12.1 Å². The number of aryl methyl sites for hydroxylation is 1.